The van der Waals surface area contributed by atoms with Gasteiger partial charge in [0.1, 0.15) is 0 Å². The highest BCUT2D eigenvalue weighted by atomic mass is 16.4. The van der Waals surface area contributed by atoms with Crippen LogP contribution in [0.1, 0.15) is 29.9 Å². The minimum Gasteiger partial charge on any atom is -0.408 e. The minimum atomic E-state index is 0.447. The quantitative estimate of drug-likeness (QED) is 0.879. The van der Waals surface area contributed by atoms with E-state index in [9.17, 15) is 0 Å². The van der Waals surface area contributed by atoms with Gasteiger partial charge >= 0.3 is 6.01 Å². The third kappa shape index (κ3) is 2.61. The van der Waals surface area contributed by atoms with Crippen LogP contribution in [-0.2, 0) is 19.3 Å². The molecule has 2 aromatic rings. The first-order valence-electron chi connectivity index (χ1n) is 6.77. The molecule has 100 valence electrons. The Morgan fingerprint density at radius 2 is 2.11 bits per heavy atom. The standard InChI is InChI=1S/C14H18N4O/c15-9-8-13-17-18-14(19-13)16-12-7-3-5-10-4-1-2-6-11(10)12/h3,5,7H,1-2,4,6,8-9,15H2,(H,16,18). The number of fused-ring (bicyclic) bond motifs is 1. The molecule has 0 spiro atoms. The lowest BCUT2D eigenvalue weighted by Crippen LogP contribution is -2.06. The molecule has 1 aliphatic rings. The highest BCUT2D eigenvalue weighted by Gasteiger charge is 2.14. The summed E-state index contributed by atoms with van der Waals surface area (Å²) in [5, 5.41) is 11.2. The van der Waals surface area contributed by atoms with Crippen LogP contribution in [0.25, 0.3) is 0 Å². The van der Waals surface area contributed by atoms with E-state index < -0.39 is 0 Å². The van der Waals surface area contributed by atoms with Gasteiger partial charge in [0, 0.05) is 18.7 Å². The zero-order valence-electron chi connectivity index (χ0n) is 10.9. The van der Waals surface area contributed by atoms with Gasteiger partial charge in [-0.25, -0.2) is 0 Å². The first kappa shape index (κ1) is 12.2. The lowest BCUT2D eigenvalue weighted by Gasteiger charge is -2.18. The van der Waals surface area contributed by atoms with Gasteiger partial charge in [0.15, 0.2) is 0 Å². The number of hydrogen-bond donors (Lipinski definition) is 2. The summed E-state index contributed by atoms with van der Waals surface area (Å²) < 4.78 is 5.51. The maximum Gasteiger partial charge on any atom is 0.320 e. The molecule has 1 aromatic heterocycles. The molecular formula is C14H18N4O. The molecule has 1 aliphatic carbocycles. The molecule has 19 heavy (non-hydrogen) atoms. The third-order valence-electron chi connectivity index (χ3n) is 3.46. The number of anilines is 2. The number of aryl methyl sites for hydroxylation is 1. The normalized spacial score (nSPS) is 14.2. The van der Waals surface area contributed by atoms with Gasteiger partial charge in [0.05, 0.1) is 0 Å². The summed E-state index contributed by atoms with van der Waals surface area (Å²) in [5.41, 5.74) is 9.36. The van der Waals surface area contributed by atoms with E-state index >= 15 is 0 Å². The van der Waals surface area contributed by atoms with Crippen LogP contribution in [0.5, 0.6) is 0 Å². The van der Waals surface area contributed by atoms with Crippen molar-refractivity contribution >= 4 is 11.7 Å². The van der Waals surface area contributed by atoms with Gasteiger partial charge in [-0.2, -0.15) is 0 Å². The van der Waals surface area contributed by atoms with E-state index in [0.29, 0.717) is 24.9 Å². The molecular weight excluding hydrogens is 240 g/mol. The van der Waals surface area contributed by atoms with Crippen molar-refractivity contribution < 1.29 is 4.42 Å². The Labute approximate surface area is 112 Å². The Balaban J connectivity index is 1.82. The van der Waals surface area contributed by atoms with Gasteiger partial charge in [-0.05, 0) is 42.9 Å². The number of aromatic nitrogens is 2. The van der Waals surface area contributed by atoms with Gasteiger partial charge in [-0.1, -0.05) is 17.2 Å². The highest BCUT2D eigenvalue weighted by molar-refractivity contribution is 5.60. The third-order valence-corrected chi connectivity index (χ3v) is 3.46. The van der Waals surface area contributed by atoms with E-state index in [1.807, 2.05) is 0 Å². The van der Waals surface area contributed by atoms with Crippen molar-refractivity contribution in [3.8, 4) is 0 Å². The van der Waals surface area contributed by atoms with Gasteiger partial charge < -0.3 is 15.5 Å². The predicted molar refractivity (Wildman–Crippen MR) is 73.4 cm³/mol. The molecule has 1 heterocycles. The average molecular weight is 258 g/mol. The van der Waals surface area contributed by atoms with Crippen LogP contribution in [0.3, 0.4) is 0 Å². The van der Waals surface area contributed by atoms with Gasteiger partial charge in [-0.15, -0.1) is 5.10 Å². The molecule has 0 saturated carbocycles. The maximum absolute atomic E-state index is 5.51. The molecule has 3 rings (SSSR count). The number of nitrogens with zero attached hydrogens (tertiary/aromatic N) is 2. The zero-order chi connectivity index (χ0) is 13.1. The summed E-state index contributed by atoms with van der Waals surface area (Å²) in [6.45, 7) is 0.516. The number of nitrogens with one attached hydrogen (secondary N) is 1. The Hall–Kier alpha value is -1.88. The molecule has 0 fully saturated rings. The van der Waals surface area contributed by atoms with Crippen LogP contribution in [0, 0.1) is 0 Å². The second-order valence-corrected chi connectivity index (χ2v) is 4.81. The van der Waals surface area contributed by atoms with Crippen LogP contribution in [0.2, 0.25) is 0 Å². The fourth-order valence-corrected chi connectivity index (χ4v) is 2.54. The smallest absolute Gasteiger partial charge is 0.320 e. The van der Waals surface area contributed by atoms with Crippen molar-refractivity contribution in [2.24, 2.45) is 5.73 Å². The topological polar surface area (TPSA) is 77.0 Å². The molecule has 5 nitrogen and oxygen atoms in total. The number of benzene rings is 1. The monoisotopic (exact) mass is 258 g/mol. The van der Waals surface area contributed by atoms with Crippen molar-refractivity contribution in [2.75, 3.05) is 11.9 Å². The molecule has 0 saturated heterocycles. The van der Waals surface area contributed by atoms with Gasteiger partial charge in [-0.3, -0.25) is 0 Å². The van der Waals surface area contributed by atoms with Crippen LogP contribution < -0.4 is 11.1 Å². The molecule has 0 unspecified atom stereocenters. The molecule has 3 N–H and O–H groups in total. The Morgan fingerprint density at radius 1 is 1.21 bits per heavy atom. The molecule has 0 aliphatic heterocycles. The largest absolute Gasteiger partial charge is 0.408 e. The second-order valence-electron chi connectivity index (χ2n) is 4.81. The Morgan fingerprint density at radius 3 is 3.00 bits per heavy atom. The summed E-state index contributed by atoms with van der Waals surface area (Å²) in [4.78, 5) is 0. The lowest BCUT2D eigenvalue weighted by molar-refractivity contribution is 0.509. The SMILES string of the molecule is NCCc1nnc(Nc2cccc3c2CCCC3)o1. The number of hydrogen-bond acceptors (Lipinski definition) is 5. The molecule has 0 bridgehead atoms. The molecule has 0 amide bonds. The first-order valence-corrected chi connectivity index (χ1v) is 6.77. The second kappa shape index (κ2) is 5.40. The maximum atomic E-state index is 5.51. The predicted octanol–water partition coefficient (Wildman–Crippen LogP) is 2.19. The number of rotatable bonds is 4. The fourth-order valence-electron chi connectivity index (χ4n) is 2.54. The summed E-state index contributed by atoms with van der Waals surface area (Å²) in [5.74, 6) is 0.579. The Kier molecular flexibility index (Phi) is 3.46. The lowest BCUT2D eigenvalue weighted by atomic mass is 9.90. The van der Waals surface area contributed by atoms with Gasteiger partial charge in [0.25, 0.3) is 0 Å². The van der Waals surface area contributed by atoms with E-state index in [1.54, 1.807) is 0 Å². The van der Waals surface area contributed by atoms with Crippen molar-refractivity contribution in [3.05, 3.63) is 35.2 Å². The van der Waals surface area contributed by atoms with E-state index in [4.69, 9.17) is 10.2 Å². The minimum absolute atomic E-state index is 0.447. The first-order chi connectivity index (χ1) is 9.36. The van der Waals surface area contributed by atoms with E-state index in [0.717, 1.165) is 18.5 Å². The molecule has 0 atom stereocenters. The number of nitrogens with two attached hydrogens (primary N) is 1. The highest BCUT2D eigenvalue weighted by Crippen LogP contribution is 2.29. The van der Waals surface area contributed by atoms with Gasteiger partial charge in [0.2, 0.25) is 5.89 Å². The zero-order valence-corrected chi connectivity index (χ0v) is 10.9. The summed E-state index contributed by atoms with van der Waals surface area (Å²) in [7, 11) is 0. The molecule has 0 radical (unpaired) electrons. The van der Waals surface area contributed by atoms with Crippen molar-refractivity contribution in [1.82, 2.24) is 10.2 Å². The van der Waals surface area contributed by atoms with Crippen molar-refractivity contribution in [3.63, 3.8) is 0 Å². The molecule has 5 heteroatoms. The van der Waals surface area contributed by atoms with Crippen LogP contribution in [0.15, 0.2) is 22.6 Å². The van der Waals surface area contributed by atoms with E-state index in [-0.39, 0.29) is 0 Å². The average Bonchev–Trinajstić information content (AvgIpc) is 2.87. The fraction of sp³-hybridized carbons (Fsp3) is 0.429. The summed E-state index contributed by atoms with van der Waals surface area (Å²) in [6, 6.07) is 6.79. The van der Waals surface area contributed by atoms with Crippen LogP contribution in [-0.4, -0.2) is 16.7 Å². The van der Waals surface area contributed by atoms with Crippen LogP contribution in [0.4, 0.5) is 11.7 Å². The Bertz CT molecular complexity index is 564. The van der Waals surface area contributed by atoms with E-state index in [2.05, 4.69) is 33.7 Å². The van der Waals surface area contributed by atoms with Crippen molar-refractivity contribution in [1.29, 1.82) is 0 Å². The molecule has 1 aromatic carbocycles. The summed E-state index contributed by atoms with van der Waals surface area (Å²) in [6.07, 6.45) is 5.41. The van der Waals surface area contributed by atoms with E-state index in [1.165, 1.54) is 24.0 Å². The van der Waals surface area contributed by atoms with Crippen LogP contribution >= 0.6 is 0 Å². The van der Waals surface area contributed by atoms with Crippen molar-refractivity contribution in [2.45, 2.75) is 32.1 Å². The summed E-state index contributed by atoms with van der Waals surface area (Å²) >= 11 is 0.